The zero-order chi connectivity index (χ0) is 10.6. The Hall–Kier alpha value is -1.49. The van der Waals surface area contributed by atoms with Crippen LogP contribution in [0.5, 0.6) is 0 Å². The van der Waals surface area contributed by atoms with Gasteiger partial charge in [-0.05, 0) is 6.07 Å². The van der Waals surface area contributed by atoms with Crippen molar-refractivity contribution in [3.8, 4) is 0 Å². The van der Waals surface area contributed by atoms with Gasteiger partial charge in [0.2, 0.25) is 5.82 Å². The standard InChI is InChI=1S/C6H6N2O3/c1-10-11-6(9)5-7-3-2-4-8-5/h2-4H,1H3/i1D3. The average molecular weight is 157 g/mol. The van der Waals surface area contributed by atoms with E-state index in [1.807, 2.05) is 0 Å². The molecule has 58 valence electrons. The van der Waals surface area contributed by atoms with Gasteiger partial charge in [-0.25, -0.2) is 14.8 Å². The summed E-state index contributed by atoms with van der Waals surface area (Å²) in [7, 11) is -2.79. The van der Waals surface area contributed by atoms with E-state index in [9.17, 15) is 4.79 Å². The first-order chi connectivity index (χ1) is 6.49. The van der Waals surface area contributed by atoms with Crippen molar-refractivity contribution in [2.24, 2.45) is 0 Å². The number of rotatable bonds is 2. The molecule has 0 fully saturated rings. The van der Waals surface area contributed by atoms with Crippen molar-refractivity contribution in [1.29, 1.82) is 0 Å². The summed E-state index contributed by atoms with van der Waals surface area (Å²) in [5.74, 6) is -1.32. The number of hydrogen-bond donors (Lipinski definition) is 0. The molecular weight excluding hydrogens is 148 g/mol. The van der Waals surface area contributed by atoms with Crippen LogP contribution in [0, 0.1) is 0 Å². The molecule has 0 spiro atoms. The molecule has 0 atom stereocenters. The highest BCUT2D eigenvalue weighted by Gasteiger charge is 2.08. The molecule has 1 heterocycles. The highest BCUT2D eigenvalue weighted by Crippen LogP contribution is 1.90. The van der Waals surface area contributed by atoms with Gasteiger partial charge in [-0.3, -0.25) is 4.89 Å². The first kappa shape index (κ1) is 4.40. The SMILES string of the molecule is [2H]C([2H])([2H])OOC(=O)c1ncccn1. The largest absolute Gasteiger partial charge is 0.410 e. The second kappa shape index (κ2) is 3.62. The molecule has 0 unspecified atom stereocenters. The third-order valence-corrected chi connectivity index (χ3v) is 0.866. The Bertz CT molecular complexity index is 314. The lowest BCUT2D eigenvalue weighted by atomic mass is 10.6. The first-order valence-corrected chi connectivity index (χ1v) is 2.66. The van der Waals surface area contributed by atoms with Crippen LogP contribution in [0.3, 0.4) is 0 Å². The zero-order valence-corrected chi connectivity index (χ0v) is 5.35. The maximum atomic E-state index is 11.0. The predicted octanol–water partition coefficient (Wildman–Crippen LogP) is 0.195. The molecule has 0 aliphatic rings. The minimum Gasteiger partial charge on any atom is -0.289 e. The van der Waals surface area contributed by atoms with Gasteiger partial charge in [-0.1, -0.05) is 0 Å². The van der Waals surface area contributed by atoms with Crippen LogP contribution in [0.15, 0.2) is 18.5 Å². The van der Waals surface area contributed by atoms with E-state index in [-0.39, 0.29) is 5.82 Å². The van der Waals surface area contributed by atoms with Crippen LogP contribution >= 0.6 is 0 Å². The molecule has 0 aliphatic heterocycles. The van der Waals surface area contributed by atoms with E-state index < -0.39 is 13.0 Å². The topological polar surface area (TPSA) is 61.3 Å². The molecule has 0 amide bonds. The fourth-order valence-corrected chi connectivity index (χ4v) is 0.480. The Balaban J connectivity index is 2.52. The minimum absolute atomic E-state index is 0.267. The summed E-state index contributed by atoms with van der Waals surface area (Å²) in [6.45, 7) is 0. The molecule has 0 N–H and O–H groups in total. The molecule has 0 radical (unpaired) electrons. The summed E-state index contributed by atoms with van der Waals surface area (Å²) in [6.07, 6.45) is 2.64. The molecule has 1 rings (SSSR count). The van der Waals surface area contributed by atoms with Crippen molar-refractivity contribution in [2.45, 2.75) is 0 Å². The van der Waals surface area contributed by atoms with E-state index in [0.717, 1.165) is 0 Å². The molecule has 0 bridgehead atoms. The van der Waals surface area contributed by atoms with Gasteiger partial charge < -0.3 is 0 Å². The van der Waals surface area contributed by atoms with Crippen molar-refractivity contribution >= 4 is 5.97 Å². The lowest BCUT2D eigenvalue weighted by Crippen LogP contribution is -2.08. The summed E-state index contributed by atoms with van der Waals surface area (Å²) in [4.78, 5) is 25.8. The van der Waals surface area contributed by atoms with Gasteiger partial charge in [-0.15, -0.1) is 0 Å². The minimum atomic E-state index is -2.79. The number of nitrogens with zero attached hydrogens (tertiary/aromatic N) is 2. The molecule has 1 aromatic rings. The van der Waals surface area contributed by atoms with Crippen LogP contribution < -0.4 is 0 Å². The van der Waals surface area contributed by atoms with E-state index in [1.165, 1.54) is 18.5 Å². The number of hydrogen-bond acceptors (Lipinski definition) is 5. The summed E-state index contributed by atoms with van der Waals surface area (Å²) in [6, 6.07) is 1.50. The van der Waals surface area contributed by atoms with Crippen LogP contribution in [0.4, 0.5) is 0 Å². The normalized spacial score (nSPS) is 14.4. The fraction of sp³-hybridized carbons (Fsp3) is 0.167. The number of carbonyl (C=O) groups is 1. The van der Waals surface area contributed by atoms with Gasteiger partial charge in [0.25, 0.3) is 0 Å². The summed E-state index contributed by atoms with van der Waals surface area (Å²) in [5.41, 5.74) is 0. The predicted molar refractivity (Wildman–Crippen MR) is 34.5 cm³/mol. The van der Waals surface area contributed by atoms with Gasteiger partial charge in [0.05, 0.1) is 11.2 Å². The molecule has 0 saturated carbocycles. The van der Waals surface area contributed by atoms with Gasteiger partial charge >= 0.3 is 5.97 Å². The third-order valence-electron chi connectivity index (χ3n) is 0.866. The van der Waals surface area contributed by atoms with Crippen LogP contribution in [0.2, 0.25) is 0 Å². The van der Waals surface area contributed by atoms with Crippen molar-refractivity contribution < 1.29 is 18.7 Å². The summed E-state index contributed by atoms with van der Waals surface area (Å²) < 4.78 is 19.7. The van der Waals surface area contributed by atoms with E-state index in [1.54, 1.807) is 0 Å². The molecule has 0 saturated heterocycles. The van der Waals surface area contributed by atoms with Crippen molar-refractivity contribution in [2.75, 3.05) is 7.04 Å². The summed E-state index contributed by atoms with van der Waals surface area (Å²) in [5, 5.41) is 0. The Morgan fingerprint density at radius 1 is 1.64 bits per heavy atom. The molecule has 11 heavy (non-hydrogen) atoms. The highest BCUT2D eigenvalue weighted by atomic mass is 17.2. The van der Waals surface area contributed by atoms with E-state index in [0.29, 0.717) is 0 Å². The number of aromatic nitrogens is 2. The molecule has 1 aromatic heterocycles. The molecule has 0 aliphatic carbocycles. The van der Waals surface area contributed by atoms with E-state index in [2.05, 4.69) is 19.7 Å². The lowest BCUT2D eigenvalue weighted by Gasteiger charge is -1.95. The van der Waals surface area contributed by atoms with Crippen LogP contribution in [-0.2, 0) is 9.78 Å². The van der Waals surface area contributed by atoms with Crippen LogP contribution in [0.1, 0.15) is 14.7 Å². The molecular formula is C6H6N2O3. The molecule has 0 aromatic carbocycles. The second-order valence-corrected chi connectivity index (χ2v) is 1.53. The fourth-order valence-electron chi connectivity index (χ4n) is 0.480. The molecule has 5 nitrogen and oxygen atoms in total. The quantitative estimate of drug-likeness (QED) is 0.453. The Morgan fingerprint density at radius 3 is 3.00 bits per heavy atom. The van der Waals surface area contributed by atoms with Crippen LogP contribution in [-0.4, -0.2) is 23.0 Å². The Kier molecular flexibility index (Phi) is 1.45. The van der Waals surface area contributed by atoms with Crippen LogP contribution in [0.25, 0.3) is 0 Å². The highest BCUT2D eigenvalue weighted by molar-refractivity contribution is 5.84. The maximum Gasteiger partial charge on any atom is 0.410 e. The Morgan fingerprint density at radius 2 is 2.36 bits per heavy atom. The van der Waals surface area contributed by atoms with Gasteiger partial charge in [-0.2, -0.15) is 4.89 Å². The lowest BCUT2D eigenvalue weighted by molar-refractivity contribution is -0.216. The second-order valence-electron chi connectivity index (χ2n) is 1.53. The van der Waals surface area contributed by atoms with E-state index >= 15 is 0 Å². The van der Waals surface area contributed by atoms with Crippen molar-refractivity contribution in [1.82, 2.24) is 9.97 Å². The summed E-state index contributed by atoms with van der Waals surface area (Å²) >= 11 is 0. The number of carbonyl (C=O) groups excluding carboxylic acids is 1. The zero-order valence-electron chi connectivity index (χ0n) is 8.35. The van der Waals surface area contributed by atoms with Crippen molar-refractivity contribution in [3.05, 3.63) is 24.3 Å². The first-order valence-electron chi connectivity index (χ1n) is 4.16. The maximum absolute atomic E-state index is 11.0. The Labute approximate surface area is 67.1 Å². The monoisotopic (exact) mass is 157 g/mol. The average Bonchev–Trinajstić information content (AvgIpc) is 2.14. The van der Waals surface area contributed by atoms with Gasteiger partial charge in [0.15, 0.2) is 0 Å². The smallest absolute Gasteiger partial charge is 0.289 e. The van der Waals surface area contributed by atoms with Crippen molar-refractivity contribution in [3.63, 3.8) is 0 Å². The van der Waals surface area contributed by atoms with Gasteiger partial charge in [0, 0.05) is 12.4 Å². The van der Waals surface area contributed by atoms with E-state index in [4.69, 9.17) is 4.11 Å². The molecule has 5 heteroatoms. The van der Waals surface area contributed by atoms with Gasteiger partial charge in [0.1, 0.15) is 0 Å². The third kappa shape index (κ3) is 1.98.